The van der Waals surface area contributed by atoms with Crippen LogP contribution in [0.15, 0.2) is 18.2 Å². The van der Waals surface area contributed by atoms with E-state index in [0.717, 1.165) is 12.1 Å². The molecule has 0 saturated carbocycles. The lowest BCUT2D eigenvalue weighted by molar-refractivity contribution is -0.137. The van der Waals surface area contributed by atoms with Crippen LogP contribution in [0.25, 0.3) is 10.2 Å². The van der Waals surface area contributed by atoms with E-state index in [-0.39, 0.29) is 29.6 Å². The molecule has 0 atom stereocenters. The van der Waals surface area contributed by atoms with Crippen molar-refractivity contribution in [2.24, 2.45) is 0 Å². The van der Waals surface area contributed by atoms with E-state index in [0.29, 0.717) is 42.1 Å². The highest BCUT2D eigenvalue weighted by atomic mass is 32.2. The molecule has 0 bridgehead atoms. The molecule has 11 heteroatoms. The average Bonchev–Trinajstić information content (AvgIpc) is 3.08. The second-order valence-corrected chi connectivity index (χ2v) is 10.1. The van der Waals surface area contributed by atoms with Crippen molar-refractivity contribution in [3.05, 3.63) is 28.8 Å². The number of nitrogens with zero attached hydrogens (tertiary/aromatic N) is 2. The number of fused-ring (bicyclic) bond motifs is 1. The Kier molecular flexibility index (Phi) is 6.49. The number of thiazole rings is 1. The van der Waals surface area contributed by atoms with Gasteiger partial charge in [0.15, 0.2) is 0 Å². The van der Waals surface area contributed by atoms with Crippen molar-refractivity contribution >= 4 is 37.5 Å². The number of aromatic nitrogens is 1. The first kappa shape index (κ1) is 22.0. The maximum absolute atomic E-state index is 12.8. The highest BCUT2D eigenvalue weighted by molar-refractivity contribution is 7.89. The maximum Gasteiger partial charge on any atom is 0.416 e. The average molecular weight is 450 g/mol. The van der Waals surface area contributed by atoms with Gasteiger partial charge in [-0.3, -0.25) is 4.79 Å². The molecule has 2 aromatic rings. The highest BCUT2D eigenvalue weighted by Gasteiger charge is 2.31. The van der Waals surface area contributed by atoms with Crippen molar-refractivity contribution in [1.82, 2.24) is 14.6 Å². The minimum atomic E-state index is -4.41. The quantitative estimate of drug-likeness (QED) is 0.735. The number of sulfonamides is 1. The number of benzene rings is 1. The molecule has 3 rings (SSSR count). The fourth-order valence-corrected chi connectivity index (χ4v) is 5.07. The Labute approximate surface area is 171 Å². The van der Waals surface area contributed by atoms with E-state index in [1.165, 1.54) is 17.4 Å². The number of carbonyl (C=O) groups is 1. The summed E-state index contributed by atoms with van der Waals surface area (Å²) in [6, 6.07) is 3.31. The van der Waals surface area contributed by atoms with Crippen LogP contribution in [0.5, 0.6) is 0 Å². The molecular weight excluding hydrogens is 427 g/mol. The van der Waals surface area contributed by atoms with Crippen LogP contribution in [0.3, 0.4) is 0 Å². The lowest BCUT2D eigenvalue weighted by Gasteiger charge is -2.32. The molecule has 2 heterocycles. The normalized spacial score (nSPS) is 16.5. The van der Waals surface area contributed by atoms with Gasteiger partial charge < -0.3 is 4.90 Å². The van der Waals surface area contributed by atoms with Crippen molar-refractivity contribution < 1.29 is 26.4 Å². The van der Waals surface area contributed by atoms with Crippen molar-refractivity contribution in [3.63, 3.8) is 0 Å². The van der Waals surface area contributed by atoms with Crippen LogP contribution in [0, 0.1) is 0 Å². The molecule has 0 spiro atoms. The largest absolute Gasteiger partial charge is 0.416 e. The van der Waals surface area contributed by atoms with Gasteiger partial charge in [0.1, 0.15) is 0 Å². The van der Waals surface area contributed by atoms with Gasteiger partial charge in [-0.15, -0.1) is 11.3 Å². The second kappa shape index (κ2) is 8.57. The number of rotatable bonds is 6. The molecule has 29 heavy (non-hydrogen) atoms. The van der Waals surface area contributed by atoms with Crippen molar-refractivity contribution in [2.45, 2.75) is 44.8 Å². The van der Waals surface area contributed by atoms with Gasteiger partial charge in [-0.1, -0.05) is 0 Å². The predicted molar refractivity (Wildman–Crippen MR) is 105 cm³/mol. The van der Waals surface area contributed by atoms with Crippen molar-refractivity contribution in [1.29, 1.82) is 0 Å². The van der Waals surface area contributed by atoms with Gasteiger partial charge in [0.05, 0.1) is 26.5 Å². The molecule has 1 amide bonds. The monoisotopic (exact) mass is 449 g/mol. The first-order valence-corrected chi connectivity index (χ1v) is 11.8. The molecule has 1 aliphatic rings. The zero-order valence-electron chi connectivity index (χ0n) is 15.8. The summed E-state index contributed by atoms with van der Waals surface area (Å²) in [7, 11) is -3.26. The zero-order valence-corrected chi connectivity index (χ0v) is 17.5. The minimum Gasteiger partial charge on any atom is -0.343 e. The Hall–Kier alpha value is -1.72. The van der Waals surface area contributed by atoms with Crippen LogP contribution in [0.4, 0.5) is 13.2 Å². The fraction of sp³-hybridized carbons (Fsp3) is 0.556. The summed E-state index contributed by atoms with van der Waals surface area (Å²) in [5, 5.41) is 0.623. The lowest BCUT2D eigenvalue weighted by atomic mass is 10.1. The third-order valence-electron chi connectivity index (χ3n) is 4.89. The van der Waals surface area contributed by atoms with E-state index in [1.807, 2.05) is 0 Å². The number of piperidine rings is 1. The smallest absolute Gasteiger partial charge is 0.343 e. The first-order valence-electron chi connectivity index (χ1n) is 9.32. The maximum atomic E-state index is 12.8. The van der Waals surface area contributed by atoms with E-state index >= 15 is 0 Å². The van der Waals surface area contributed by atoms with Crippen molar-refractivity contribution in [3.8, 4) is 0 Å². The SMILES string of the molecule is CCS(=O)(=O)NC1CCN(C(=O)CCc2nc3cc(C(F)(F)F)ccc3s2)CC1. The zero-order chi connectivity index (χ0) is 21.2. The Morgan fingerprint density at radius 2 is 2.00 bits per heavy atom. The summed E-state index contributed by atoms with van der Waals surface area (Å²) in [6.07, 6.45) is -2.71. The topological polar surface area (TPSA) is 79.4 Å². The summed E-state index contributed by atoms with van der Waals surface area (Å²) in [5.74, 6) is -0.0317. The number of nitrogens with one attached hydrogen (secondary N) is 1. The number of alkyl halides is 3. The molecule has 0 unspecified atom stereocenters. The van der Waals surface area contributed by atoms with E-state index < -0.39 is 21.8 Å². The van der Waals surface area contributed by atoms with Crippen LogP contribution in [-0.4, -0.2) is 49.1 Å². The van der Waals surface area contributed by atoms with Crippen LogP contribution in [-0.2, 0) is 27.4 Å². The van der Waals surface area contributed by atoms with Gasteiger partial charge in [0, 0.05) is 32.0 Å². The molecule has 1 fully saturated rings. The van der Waals surface area contributed by atoms with Crippen LogP contribution in [0.2, 0.25) is 0 Å². The number of likely N-dealkylation sites (tertiary alicyclic amines) is 1. The van der Waals surface area contributed by atoms with Gasteiger partial charge in [-0.05, 0) is 38.0 Å². The number of halogens is 3. The summed E-state index contributed by atoms with van der Waals surface area (Å²) in [6.45, 7) is 2.53. The molecule has 6 nitrogen and oxygen atoms in total. The summed E-state index contributed by atoms with van der Waals surface area (Å²) >= 11 is 1.29. The molecule has 1 aliphatic heterocycles. The summed E-state index contributed by atoms with van der Waals surface area (Å²) < 4.78 is 65.0. The van der Waals surface area contributed by atoms with E-state index in [2.05, 4.69) is 9.71 Å². The Morgan fingerprint density at radius 3 is 2.62 bits per heavy atom. The molecule has 1 aromatic heterocycles. The number of hydrogen-bond donors (Lipinski definition) is 1. The van der Waals surface area contributed by atoms with E-state index in [4.69, 9.17) is 0 Å². The molecule has 1 saturated heterocycles. The van der Waals surface area contributed by atoms with Gasteiger partial charge in [-0.2, -0.15) is 13.2 Å². The Balaban J connectivity index is 1.53. The van der Waals surface area contributed by atoms with Crippen molar-refractivity contribution in [2.75, 3.05) is 18.8 Å². The first-order chi connectivity index (χ1) is 13.6. The standard InChI is InChI=1S/C18H22F3N3O3S2/c1-2-29(26,27)23-13-7-9-24(10-8-13)17(25)6-5-16-22-14-11-12(18(19,20)21)3-4-15(14)28-16/h3-4,11,13,23H,2,5-10H2,1H3. The molecule has 0 aliphatic carbocycles. The predicted octanol–water partition coefficient (Wildman–Crippen LogP) is 3.18. The molecule has 0 radical (unpaired) electrons. The van der Waals surface area contributed by atoms with Gasteiger partial charge >= 0.3 is 6.18 Å². The fourth-order valence-electron chi connectivity index (χ4n) is 3.21. The number of amides is 1. The van der Waals surface area contributed by atoms with Gasteiger partial charge in [0.25, 0.3) is 0 Å². The summed E-state index contributed by atoms with van der Waals surface area (Å²) in [5.41, 5.74) is -0.448. The van der Waals surface area contributed by atoms with Crippen LogP contribution < -0.4 is 4.72 Å². The molecular formula is C18H22F3N3O3S2. The molecule has 160 valence electrons. The minimum absolute atomic E-state index is 0.0266. The Bertz CT molecular complexity index is 981. The van der Waals surface area contributed by atoms with E-state index in [9.17, 15) is 26.4 Å². The number of carbonyl (C=O) groups excluding carboxylic acids is 1. The second-order valence-electron chi connectivity index (χ2n) is 6.96. The third kappa shape index (κ3) is 5.67. The number of aryl methyl sites for hydroxylation is 1. The summed E-state index contributed by atoms with van der Waals surface area (Å²) in [4.78, 5) is 18.4. The third-order valence-corrected chi connectivity index (χ3v) is 7.43. The van der Waals surface area contributed by atoms with E-state index in [1.54, 1.807) is 11.8 Å². The molecule has 1 aromatic carbocycles. The van der Waals surface area contributed by atoms with Crippen LogP contribution >= 0.6 is 11.3 Å². The number of hydrogen-bond acceptors (Lipinski definition) is 5. The van der Waals surface area contributed by atoms with Crippen LogP contribution in [0.1, 0.15) is 36.8 Å². The lowest BCUT2D eigenvalue weighted by Crippen LogP contribution is -2.46. The molecule has 1 N–H and O–H groups in total. The highest BCUT2D eigenvalue weighted by Crippen LogP contribution is 2.33. The van der Waals surface area contributed by atoms with Gasteiger partial charge in [0.2, 0.25) is 15.9 Å². The Morgan fingerprint density at radius 1 is 1.31 bits per heavy atom. The van der Waals surface area contributed by atoms with Gasteiger partial charge in [-0.25, -0.2) is 18.1 Å².